The lowest BCUT2D eigenvalue weighted by Crippen LogP contribution is -2.17. The van der Waals surface area contributed by atoms with Crippen LogP contribution in [0.3, 0.4) is 0 Å². The number of pyridine rings is 1. The van der Waals surface area contributed by atoms with E-state index in [-0.39, 0.29) is 11.5 Å². The monoisotopic (exact) mass is 413 g/mol. The molecule has 0 unspecified atom stereocenters. The van der Waals surface area contributed by atoms with Gasteiger partial charge in [-0.05, 0) is 53.1 Å². The van der Waals surface area contributed by atoms with Crippen LogP contribution in [-0.4, -0.2) is 17.7 Å². The summed E-state index contributed by atoms with van der Waals surface area (Å²) in [6.45, 7) is 0. The lowest BCUT2D eigenvalue weighted by molar-refractivity contribution is -0.275. The van der Waals surface area contributed by atoms with Crippen LogP contribution in [-0.2, 0) is 0 Å². The standard InChI is InChI=1S/C20H13F6NO2/c21-19(22,23)28-16-5-1-13(2-6-16)18(15-9-11-27-12-10-15)14-3-7-17(8-4-14)29-20(24,25)26/h1-12,18H. The molecule has 0 aliphatic rings. The van der Waals surface area contributed by atoms with Crippen molar-refractivity contribution in [1.82, 2.24) is 4.98 Å². The van der Waals surface area contributed by atoms with E-state index in [1.165, 1.54) is 48.5 Å². The molecule has 1 aromatic heterocycles. The van der Waals surface area contributed by atoms with Crippen LogP contribution >= 0.6 is 0 Å². The van der Waals surface area contributed by atoms with Gasteiger partial charge in [-0.1, -0.05) is 24.3 Å². The second-order valence-corrected chi connectivity index (χ2v) is 5.95. The fourth-order valence-electron chi connectivity index (χ4n) is 2.86. The minimum Gasteiger partial charge on any atom is -0.406 e. The van der Waals surface area contributed by atoms with Crippen LogP contribution in [0.1, 0.15) is 22.6 Å². The van der Waals surface area contributed by atoms with Crippen molar-refractivity contribution >= 4 is 0 Å². The number of rotatable bonds is 5. The highest BCUT2D eigenvalue weighted by Crippen LogP contribution is 2.34. The molecule has 3 nitrogen and oxygen atoms in total. The number of benzene rings is 2. The average Bonchev–Trinajstić information content (AvgIpc) is 2.63. The van der Waals surface area contributed by atoms with Crippen molar-refractivity contribution in [3.8, 4) is 11.5 Å². The van der Waals surface area contributed by atoms with Gasteiger partial charge in [-0.15, -0.1) is 26.3 Å². The van der Waals surface area contributed by atoms with Crippen molar-refractivity contribution < 1.29 is 35.8 Å². The molecule has 0 spiro atoms. The molecule has 3 aromatic rings. The lowest BCUT2D eigenvalue weighted by Gasteiger charge is -2.20. The quantitative estimate of drug-likeness (QED) is 0.477. The van der Waals surface area contributed by atoms with E-state index in [1.54, 1.807) is 24.5 Å². The third-order valence-electron chi connectivity index (χ3n) is 3.93. The van der Waals surface area contributed by atoms with E-state index >= 15 is 0 Å². The van der Waals surface area contributed by atoms with E-state index in [9.17, 15) is 26.3 Å². The number of alkyl halides is 6. The summed E-state index contributed by atoms with van der Waals surface area (Å²) in [7, 11) is 0. The SMILES string of the molecule is FC(F)(F)Oc1ccc(C(c2ccncc2)c2ccc(OC(F)(F)F)cc2)cc1. The Morgan fingerprint density at radius 1 is 0.552 bits per heavy atom. The highest BCUT2D eigenvalue weighted by molar-refractivity contribution is 5.45. The molecular weight excluding hydrogens is 400 g/mol. The summed E-state index contributed by atoms with van der Waals surface area (Å²) in [4.78, 5) is 3.93. The summed E-state index contributed by atoms with van der Waals surface area (Å²) in [5, 5.41) is 0. The Bertz CT molecular complexity index is 863. The van der Waals surface area contributed by atoms with E-state index in [2.05, 4.69) is 14.5 Å². The maximum atomic E-state index is 12.4. The highest BCUT2D eigenvalue weighted by atomic mass is 19.4. The molecule has 0 amide bonds. The third kappa shape index (κ3) is 5.87. The van der Waals surface area contributed by atoms with Crippen molar-refractivity contribution in [2.75, 3.05) is 0 Å². The molecule has 0 fully saturated rings. The first kappa shape index (κ1) is 20.5. The number of hydrogen-bond donors (Lipinski definition) is 0. The van der Waals surface area contributed by atoms with Gasteiger partial charge in [0.1, 0.15) is 11.5 Å². The first-order valence-corrected chi connectivity index (χ1v) is 8.22. The Morgan fingerprint density at radius 2 is 0.897 bits per heavy atom. The van der Waals surface area contributed by atoms with Gasteiger partial charge >= 0.3 is 12.7 Å². The number of hydrogen-bond acceptors (Lipinski definition) is 3. The topological polar surface area (TPSA) is 31.4 Å². The summed E-state index contributed by atoms with van der Waals surface area (Å²) in [5.41, 5.74) is 2.00. The molecule has 3 rings (SSSR count). The van der Waals surface area contributed by atoms with Crippen LogP contribution in [0.2, 0.25) is 0 Å². The smallest absolute Gasteiger partial charge is 0.406 e. The number of ether oxygens (including phenoxy) is 2. The minimum atomic E-state index is -4.81. The molecule has 0 aliphatic heterocycles. The van der Waals surface area contributed by atoms with E-state index in [1.807, 2.05) is 0 Å². The van der Waals surface area contributed by atoms with Gasteiger partial charge in [-0.2, -0.15) is 0 Å². The minimum absolute atomic E-state index is 0.372. The van der Waals surface area contributed by atoms with Gasteiger partial charge in [0.25, 0.3) is 0 Å². The molecular formula is C20H13F6NO2. The van der Waals surface area contributed by atoms with Gasteiger partial charge < -0.3 is 9.47 Å². The average molecular weight is 413 g/mol. The van der Waals surface area contributed by atoms with Crippen molar-refractivity contribution in [2.45, 2.75) is 18.6 Å². The Balaban J connectivity index is 1.94. The molecule has 0 radical (unpaired) electrons. The molecule has 0 N–H and O–H groups in total. The van der Waals surface area contributed by atoms with Gasteiger partial charge in [0.05, 0.1) is 0 Å². The number of halogens is 6. The molecule has 152 valence electrons. The van der Waals surface area contributed by atoms with Crippen LogP contribution in [0.4, 0.5) is 26.3 Å². The maximum absolute atomic E-state index is 12.4. The van der Waals surface area contributed by atoms with Gasteiger partial charge in [0.2, 0.25) is 0 Å². The molecule has 29 heavy (non-hydrogen) atoms. The molecule has 0 atom stereocenters. The summed E-state index contributed by atoms with van der Waals surface area (Å²) in [6.07, 6.45) is -6.52. The largest absolute Gasteiger partial charge is 0.573 e. The Labute approximate surface area is 161 Å². The normalized spacial score (nSPS) is 12.1. The summed E-state index contributed by atoms with van der Waals surface area (Å²) in [6, 6.07) is 14.0. The molecule has 0 saturated heterocycles. The van der Waals surface area contributed by atoms with Gasteiger partial charge in [0, 0.05) is 18.3 Å². The first-order chi connectivity index (χ1) is 13.6. The second kappa shape index (κ2) is 8.02. The molecule has 1 heterocycles. The third-order valence-corrected chi connectivity index (χ3v) is 3.93. The van der Waals surface area contributed by atoms with Gasteiger partial charge in [0.15, 0.2) is 0 Å². The van der Waals surface area contributed by atoms with Crippen LogP contribution in [0.5, 0.6) is 11.5 Å². The van der Waals surface area contributed by atoms with E-state index in [4.69, 9.17) is 0 Å². The zero-order valence-electron chi connectivity index (χ0n) is 14.5. The van der Waals surface area contributed by atoms with Crippen LogP contribution < -0.4 is 9.47 Å². The van der Waals surface area contributed by atoms with Crippen molar-refractivity contribution in [1.29, 1.82) is 0 Å². The van der Waals surface area contributed by atoms with E-state index in [0.717, 1.165) is 5.56 Å². The predicted molar refractivity (Wildman–Crippen MR) is 91.4 cm³/mol. The van der Waals surface area contributed by atoms with E-state index in [0.29, 0.717) is 11.1 Å². The zero-order valence-corrected chi connectivity index (χ0v) is 14.5. The van der Waals surface area contributed by atoms with Gasteiger partial charge in [-0.3, -0.25) is 4.98 Å². The van der Waals surface area contributed by atoms with Crippen LogP contribution in [0.25, 0.3) is 0 Å². The zero-order chi connectivity index (χ0) is 21.1. The Morgan fingerprint density at radius 3 is 1.24 bits per heavy atom. The number of aromatic nitrogens is 1. The van der Waals surface area contributed by atoms with Crippen LogP contribution in [0, 0.1) is 0 Å². The highest BCUT2D eigenvalue weighted by Gasteiger charge is 2.32. The van der Waals surface area contributed by atoms with Gasteiger partial charge in [-0.25, -0.2) is 0 Å². The predicted octanol–water partition coefficient (Wildman–Crippen LogP) is 6.06. The first-order valence-electron chi connectivity index (χ1n) is 8.22. The molecule has 0 saturated carbocycles. The second-order valence-electron chi connectivity index (χ2n) is 5.95. The van der Waals surface area contributed by atoms with Crippen molar-refractivity contribution in [2.24, 2.45) is 0 Å². The summed E-state index contributed by atoms with van der Waals surface area (Å²) in [5.74, 6) is -1.19. The van der Waals surface area contributed by atoms with Crippen molar-refractivity contribution in [3.63, 3.8) is 0 Å². The number of nitrogens with zero attached hydrogens (tertiary/aromatic N) is 1. The fraction of sp³-hybridized carbons (Fsp3) is 0.150. The molecule has 9 heteroatoms. The lowest BCUT2D eigenvalue weighted by atomic mass is 9.85. The van der Waals surface area contributed by atoms with Crippen LogP contribution in [0.15, 0.2) is 73.1 Å². The summed E-state index contributed by atoms with van der Waals surface area (Å²) < 4.78 is 81.9. The molecule has 2 aromatic carbocycles. The Hall–Kier alpha value is -3.23. The molecule has 0 aliphatic carbocycles. The maximum Gasteiger partial charge on any atom is 0.573 e. The Kier molecular flexibility index (Phi) is 5.67. The summed E-state index contributed by atoms with van der Waals surface area (Å²) >= 11 is 0. The molecule has 0 bridgehead atoms. The van der Waals surface area contributed by atoms with E-state index < -0.39 is 18.6 Å². The fourth-order valence-corrected chi connectivity index (χ4v) is 2.86. The van der Waals surface area contributed by atoms with Crippen molar-refractivity contribution in [3.05, 3.63) is 89.7 Å².